The summed E-state index contributed by atoms with van der Waals surface area (Å²) in [5, 5.41) is 6.39. The van der Waals surface area contributed by atoms with Crippen molar-refractivity contribution in [2.45, 2.75) is 40.2 Å². The van der Waals surface area contributed by atoms with Crippen LogP contribution in [0.1, 0.15) is 54.8 Å². The Morgan fingerprint density at radius 3 is 2.24 bits per heavy atom. The average Bonchev–Trinajstić information content (AvgIpc) is 2.92. The zero-order chi connectivity index (χ0) is 20.5. The minimum absolute atomic E-state index is 0. The molecule has 0 saturated carbocycles. The molecule has 1 atom stereocenters. The Balaban J connectivity index is 0.00000420. The number of nitrogens with zero attached hydrogens (tertiary/aromatic N) is 2. The van der Waals surface area contributed by atoms with Crippen molar-refractivity contribution in [3.05, 3.63) is 35.4 Å². The van der Waals surface area contributed by atoms with E-state index in [1.165, 1.54) is 4.90 Å². The predicted molar refractivity (Wildman–Crippen MR) is 126 cm³/mol. The van der Waals surface area contributed by atoms with Gasteiger partial charge in [-0.1, -0.05) is 26.0 Å². The van der Waals surface area contributed by atoms with Crippen LogP contribution in [-0.2, 0) is 4.74 Å². The highest BCUT2D eigenvalue weighted by Gasteiger charge is 2.34. The molecule has 0 radical (unpaired) electrons. The lowest BCUT2D eigenvalue weighted by Gasteiger charge is -2.20. The van der Waals surface area contributed by atoms with Crippen LogP contribution in [0.5, 0.6) is 0 Å². The molecule has 2 rings (SSSR count). The van der Waals surface area contributed by atoms with Gasteiger partial charge < -0.3 is 15.4 Å². The maximum absolute atomic E-state index is 12.4. The van der Waals surface area contributed by atoms with Gasteiger partial charge in [-0.2, -0.15) is 0 Å². The summed E-state index contributed by atoms with van der Waals surface area (Å²) in [6.45, 7) is 11.1. The van der Waals surface area contributed by atoms with Crippen molar-refractivity contribution in [1.82, 2.24) is 15.5 Å². The summed E-state index contributed by atoms with van der Waals surface area (Å²) in [6, 6.07) is 6.93. The number of rotatable bonds is 10. The number of ether oxygens (including phenoxy) is 1. The highest BCUT2D eigenvalue weighted by Crippen LogP contribution is 2.21. The van der Waals surface area contributed by atoms with Crippen molar-refractivity contribution < 1.29 is 14.3 Å². The topological polar surface area (TPSA) is 83.0 Å². The molecule has 2 N–H and O–H groups in total. The molecule has 162 valence electrons. The number of benzene rings is 1. The number of nitrogens with one attached hydrogen (secondary N) is 2. The van der Waals surface area contributed by atoms with Gasteiger partial charge in [0.05, 0.1) is 17.2 Å². The number of imide groups is 1. The number of amides is 2. The average molecular weight is 516 g/mol. The lowest BCUT2D eigenvalue weighted by atomic mass is 10.0. The van der Waals surface area contributed by atoms with Gasteiger partial charge in [0, 0.05) is 32.8 Å². The number of hydrogen-bond donors (Lipinski definition) is 2. The fourth-order valence-electron chi connectivity index (χ4n) is 3.20. The van der Waals surface area contributed by atoms with Crippen molar-refractivity contribution in [2.75, 3.05) is 32.8 Å². The van der Waals surface area contributed by atoms with Crippen molar-refractivity contribution in [3.8, 4) is 0 Å². The summed E-state index contributed by atoms with van der Waals surface area (Å²) in [4.78, 5) is 30.7. The van der Waals surface area contributed by atoms with Gasteiger partial charge in [0.2, 0.25) is 0 Å². The highest BCUT2D eigenvalue weighted by molar-refractivity contribution is 14.0. The molecule has 2 amide bonds. The first-order chi connectivity index (χ1) is 13.5. The van der Waals surface area contributed by atoms with Crippen LogP contribution >= 0.6 is 24.0 Å². The first-order valence-corrected chi connectivity index (χ1v) is 10.1. The number of aliphatic imine (C=N–C) groups is 1. The molecule has 1 unspecified atom stereocenters. The SMILES string of the molecule is CCNC(=NCCC(OCC)C(C)C)NCCN1C(=O)c2ccccc2C1=O.I. The molecule has 1 aromatic carbocycles. The second-order valence-corrected chi connectivity index (χ2v) is 7.02. The third kappa shape index (κ3) is 6.95. The Labute approximate surface area is 190 Å². The normalized spacial score (nSPS) is 14.7. The summed E-state index contributed by atoms with van der Waals surface area (Å²) in [6.07, 6.45) is 1.04. The molecule has 1 heterocycles. The molecule has 8 heteroatoms. The maximum atomic E-state index is 12.4. The fraction of sp³-hybridized carbons (Fsp3) is 0.571. The van der Waals surface area contributed by atoms with Gasteiger partial charge in [0.15, 0.2) is 5.96 Å². The Morgan fingerprint density at radius 1 is 1.10 bits per heavy atom. The number of carbonyl (C=O) groups is 2. The van der Waals surface area contributed by atoms with Crippen LogP contribution in [0.15, 0.2) is 29.3 Å². The number of carbonyl (C=O) groups excluding carboxylic acids is 2. The largest absolute Gasteiger partial charge is 0.378 e. The third-order valence-corrected chi connectivity index (χ3v) is 4.66. The Morgan fingerprint density at radius 2 is 1.72 bits per heavy atom. The third-order valence-electron chi connectivity index (χ3n) is 4.66. The van der Waals surface area contributed by atoms with Crippen LogP contribution in [0.2, 0.25) is 0 Å². The molecule has 0 aromatic heterocycles. The van der Waals surface area contributed by atoms with E-state index in [0.29, 0.717) is 49.2 Å². The van der Waals surface area contributed by atoms with Gasteiger partial charge in [0.25, 0.3) is 11.8 Å². The zero-order valence-electron chi connectivity index (χ0n) is 17.7. The molecular weight excluding hydrogens is 483 g/mol. The van der Waals surface area contributed by atoms with E-state index >= 15 is 0 Å². The summed E-state index contributed by atoms with van der Waals surface area (Å²) in [7, 11) is 0. The lowest BCUT2D eigenvalue weighted by molar-refractivity contribution is 0.0266. The number of hydrogen-bond acceptors (Lipinski definition) is 4. The predicted octanol–water partition coefficient (Wildman–Crippen LogP) is 2.91. The van der Waals surface area contributed by atoms with Crippen LogP contribution < -0.4 is 10.6 Å². The zero-order valence-corrected chi connectivity index (χ0v) is 20.1. The second-order valence-electron chi connectivity index (χ2n) is 7.02. The Hall–Kier alpha value is -1.68. The maximum Gasteiger partial charge on any atom is 0.261 e. The molecule has 7 nitrogen and oxygen atoms in total. The van der Waals surface area contributed by atoms with Gasteiger partial charge in [-0.25, -0.2) is 0 Å². The molecule has 0 aliphatic carbocycles. The van der Waals surface area contributed by atoms with Gasteiger partial charge >= 0.3 is 0 Å². The molecule has 0 bridgehead atoms. The fourth-order valence-corrected chi connectivity index (χ4v) is 3.20. The molecular formula is C21H33IN4O3. The van der Waals surface area contributed by atoms with E-state index in [0.717, 1.165) is 13.0 Å². The van der Waals surface area contributed by atoms with Crippen LogP contribution in [0.4, 0.5) is 0 Å². The molecule has 1 aliphatic rings. The van der Waals surface area contributed by atoms with Gasteiger partial charge in [-0.15, -0.1) is 24.0 Å². The van der Waals surface area contributed by atoms with Crippen LogP contribution in [0, 0.1) is 5.92 Å². The standard InChI is InChI=1S/C21H32N4O3.HI/c1-5-22-21(23-12-11-18(15(3)4)28-6-2)24-13-14-25-19(26)16-9-7-8-10-17(16)20(25)27;/h7-10,15,18H,5-6,11-14H2,1-4H3,(H2,22,23,24);1H. The highest BCUT2D eigenvalue weighted by atomic mass is 127. The van der Waals surface area contributed by atoms with Crippen molar-refractivity contribution in [2.24, 2.45) is 10.9 Å². The van der Waals surface area contributed by atoms with Gasteiger partial charge in [-0.05, 0) is 38.3 Å². The molecule has 1 aliphatic heterocycles. The van der Waals surface area contributed by atoms with E-state index in [-0.39, 0.29) is 41.9 Å². The molecule has 0 spiro atoms. The Bertz CT molecular complexity index is 674. The molecule has 29 heavy (non-hydrogen) atoms. The summed E-state index contributed by atoms with van der Waals surface area (Å²) < 4.78 is 5.76. The van der Waals surface area contributed by atoms with E-state index in [1.807, 2.05) is 13.8 Å². The van der Waals surface area contributed by atoms with E-state index < -0.39 is 0 Å². The quantitative estimate of drug-likeness (QED) is 0.216. The number of guanidine groups is 1. The lowest BCUT2D eigenvalue weighted by Crippen LogP contribution is -2.43. The van der Waals surface area contributed by atoms with Crippen LogP contribution in [0.25, 0.3) is 0 Å². The first kappa shape index (κ1) is 25.4. The minimum atomic E-state index is -0.235. The number of halogens is 1. The molecule has 0 fully saturated rings. The van der Waals surface area contributed by atoms with E-state index in [1.54, 1.807) is 24.3 Å². The van der Waals surface area contributed by atoms with Crippen molar-refractivity contribution in [1.29, 1.82) is 0 Å². The second kappa shape index (κ2) is 12.8. The van der Waals surface area contributed by atoms with Gasteiger partial charge in [-0.3, -0.25) is 19.5 Å². The van der Waals surface area contributed by atoms with E-state index in [9.17, 15) is 9.59 Å². The monoisotopic (exact) mass is 516 g/mol. The number of fused-ring (bicyclic) bond motifs is 1. The van der Waals surface area contributed by atoms with Gasteiger partial charge in [0.1, 0.15) is 0 Å². The van der Waals surface area contributed by atoms with Crippen LogP contribution in [-0.4, -0.2) is 61.6 Å². The summed E-state index contributed by atoms with van der Waals surface area (Å²) >= 11 is 0. The molecule has 0 saturated heterocycles. The summed E-state index contributed by atoms with van der Waals surface area (Å²) in [5.41, 5.74) is 0.951. The Kier molecular flexibility index (Phi) is 11.2. The smallest absolute Gasteiger partial charge is 0.261 e. The first-order valence-electron chi connectivity index (χ1n) is 10.1. The van der Waals surface area contributed by atoms with Crippen molar-refractivity contribution >= 4 is 41.8 Å². The van der Waals surface area contributed by atoms with E-state index in [4.69, 9.17) is 4.74 Å². The minimum Gasteiger partial charge on any atom is -0.378 e. The van der Waals surface area contributed by atoms with E-state index in [2.05, 4.69) is 29.5 Å². The summed E-state index contributed by atoms with van der Waals surface area (Å²) in [5.74, 6) is 0.652. The van der Waals surface area contributed by atoms with Crippen molar-refractivity contribution in [3.63, 3.8) is 0 Å². The van der Waals surface area contributed by atoms with Crippen LogP contribution in [0.3, 0.4) is 0 Å². The molecule has 1 aromatic rings.